The molecular formula is C17H19FN4O2S. The first kappa shape index (κ1) is 17.5. The van der Waals surface area contributed by atoms with Crippen molar-refractivity contribution < 1.29 is 13.9 Å². The molecule has 132 valence electrons. The number of allylic oxidation sites excluding steroid dienone is 1. The lowest BCUT2D eigenvalue weighted by molar-refractivity contribution is -0.138. The molecule has 1 atom stereocenters. The Morgan fingerprint density at radius 3 is 3.08 bits per heavy atom. The third-order valence-electron chi connectivity index (χ3n) is 3.84. The lowest BCUT2D eigenvalue weighted by Gasteiger charge is -2.28. The zero-order valence-corrected chi connectivity index (χ0v) is 14.8. The number of nitrogens with zero attached hydrogens (tertiary/aromatic N) is 3. The number of nitrogens with one attached hydrogen (secondary N) is 1. The first-order valence-corrected chi connectivity index (χ1v) is 9.15. The van der Waals surface area contributed by atoms with Gasteiger partial charge in [0.2, 0.25) is 5.95 Å². The fraction of sp³-hybridized carbons (Fsp3) is 0.353. The molecule has 0 radical (unpaired) electrons. The fourth-order valence-corrected chi connectivity index (χ4v) is 3.25. The van der Waals surface area contributed by atoms with Gasteiger partial charge >= 0.3 is 5.97 Å². The SMILES string of the molecule is CCSCCOC(=O)C1=C(C)Nc2ncnn2[C@@H]1c1cccc(F)c1. The monoisotopic (exact) mass is 362 g/mol. The molecular weight excluding hydrogens is 343 g/mol. The van der Waals surface area contributed by atoms with Crippen LogP contribution in [-0.4, -0.2) is 38.8 Å². The maximum absolute atomic E-state index is 13.7. The Morgan fingerprint density at radius 1 is 1.48 bits per heavy atom. The standard InChI is InChI=1S/C17H19FN4O2S/c1-3-25-8-7-24-16(23)14-11(2)21-17-19-10-20-22(17)15(14)12-5-4-6-13(18)9-12/h4-6,9-10,15H,3,7-8H2,1-2H3,(H,19,20,21)/t15-/m1/s1. The molecule has 0 fully saturated rings. The summed E-state index contributed by atoms with van der Waals surface area (Å²) in [6.45, 7) is 4.16. The Morgan fingerprint density at radius 2 is 2.32 bits per heavy atom. The van der Waals surface area contributed by atoms with Crippen LogP contribution in [0.5, 0.6) is 0 Å². The predicted octanol–water partition coefficient (Wildman–Crippen LogP) is 3.00. The van der Waals surface area contributed by atoms with Crippen molar-refractivity contribution in [2.45, 2.75) is 19.9 Å². The molecule has 2 aromatic rings. The highest BCUT2D eigenvalue weighted by atomic mass is 32.2. The summed E-state index contributed by atoms with van der Waals surface area (Å²) in [4.78, 5) is 16.8. The van der Waals surface area contributed by atoms with E-state index in [0.29, 0.717) is 29.4 Å². The maximum atomic E-state index is 13.7. The summed E-state index contributed by atoms with van der Waals surface area (Å²) >= 11 is 1.70. The molecule has 2 heterocycles. The van der Waals surface area contributed by atoms with Gasteiger partial charge in [0.1, 0.15) is 24.8 Å². The van der Waals surface area contributed by atoms with Gasteiger partial charge in [-0.3, -0.25) is 0 Å². The Hall–Kier alpha value is -2.35. The number of esters is 1. The molecule has 8 heteroatoms. The summed E-state index contributed by atoms with van der Waals surface area (Å²) in [6.07, 6.45) is 1.40. The van der Waals surface area contributed by atoms with Crippen LogP contribution < -0.4 is 5.32 Å². The van der Waals surface area contributed by atoms with Crippen LogP contribution in [0.3, 0.4) is 0 Å². The second-order valence-corrected chi connectivity index (χ2v) is 6.88. The molecule has 25 heavy (non-hydrogen) atoms. The maximum Gasteiger partial charge on any atom is 0.338 e. The van der Waals surface area contributed by atoms with Gasteiger partial charge < -0.3 is 10.1 Å². The van der Waals surface area contributed by atoms with Gasteiger partial charge in [-0.2, -0.15) is 21.8 Å². The predicted molar refractivity (Wildman–Crippen MR) is 94.8 cm³/mol. The summed E-state index contributed by atoms with van der Waals surface area (Å²) in [7, 11) is 0. The Kier molecular flexibility index (Phi) is 5.37. The van der Waals surface area contributed by atoms with E-state index in [4.69, 9.17) is 4.74 Å². The molecule has 0 spiro atoms. The molecule has 1 aliphatic rings. The second-order valence-electron chi connectivity index (χ2n) is 5.48. The van der Waals surface area contributed by atoms with E-state index in [9.17, 15) is 9.18 Å². The second kappa shape index (κ2) is 7.69. The minimum Gasteiger partial charge on any atom is -0.461 e. The van der Waals surface area contributed by atoms with E-state index in [0.717, 1.165) is 11.5 Å². The Balaban J connectivity index is 1.94. The van der Waals surface area contributed by atoms with E-state index in [2.05, 4.69) is 22.3 Å². The minimum absolute atomic E-state index is 0.328. The van der Waals surface area contributed by atoms with Gasteiger partial charge in [-0.1, -0.05) is 19.1 Å². The molecule has 1 aromatic heterocycles. The van der Waals surface area contributed by atoms with Crippen LogP contribution in [0.25, 0.3) is 0 Å². The van der Waals surface area contributed by atoms with Crippen molar-refractivity contribution in [3.63, 3.8) is 0 Å². The van der Waals surface area contributed by atoms with Crippen LogP contribution in [0.2, 0.25) is 0 Å². The molecule has 0 unspecified atom stereocenters. The third kappa shape index (κ3) is 3.68. The zero-order chi connectivity index (χ0) is 17.8. The van der Waals surface area contributed by atoms with Gasteiger partial charge in [0.15, 0.2) is 0 Å². The largest absolute Gasteiger partial charge is 0.461 e. The molecule has 0 saturated carbocycles. The number of halogens is 1. The number of benzene rings is 1. The molecule has 1 aromatic carbocycles. The zero-order valence-electron chi connectivity index (χ0n) is 14.0. The molecule has 0 saturated heterocycles. The summed E-state index contributed by atoms with van der Waals surface area (Å²) in [5, 5.41) is 7.25. The summed E-state index contributed by atoms with van der Waals surface area (Å²) in [5.74, 6) is 1.40. The summed E-state index contributed by atoms with van der Waals surface area (Å²) in [6, 6.07) is 5.55. The lowest BCUT2D eigenvalue weighted by atomic mass is 9.96. The first-order chi connectivity index (χ1) is 12.1. The number of thioether (sulfide) groups is 1. The number of anilines is 1. The third-order valence-corrected chi connectivity index (χ3v) is 4.71. The summed E-state index contributed by atoms with van der Waals surface area (Å²) in [5.41, 5.74) is 1.65. The Labute approximate surface area is 149 Å². The Bertz CT molecular complexity index is 805. The average Bonchev–Trinajstić information content (AvgIpc) is 3.05. The minimum atomic E-state index is -0.583. The van der Waals surface area contributed by atoms with Crippen LogP contribution in [0.4, 0.5) is 10.3 Å². The van der Waals surface area contributed by atoms with Crippen molar-refractivity contribution in [1.29, 1.82) is 0 Å². The van der Waals surface area contributed by atoms with Gasteiger partial charge in [0, 0.05) is 11.4 Å². The van der Waals surface area contributed by atoms with Gasteiger partial charge in [-0.15, -0.1) is 0 Å². The van der Waals surface area contributed by atoms with Gasteiger partial charge in [0.25, 0.3) is 0 Å². The first-order valence-electron chi connectivity index (χ1n) is 7.99. The molecule has 0 amide bonds. The van der Waals surface area contributed by atoms with E-state index in [1.807, 2.05) is 0 Å². The van der Waals surface area contributed by atoms with Crippen LogP contribution >= 0.6 is 11.8 Å². The van der Waals surface area contributed by atoms with Crippen LogP contribution in [0, 0.1) is 5.82 Å². The number of carbonyl (C=O) groups is 1. The van der Waals surface area contributed by atoms with Crippen molar-refractivity contribution in [2.24, 2.45) is 0 Å². The normalized spacial score (nSPS) is 16.4. The smallest absolute Gasteiger partial charge is 0.338 e. The highest BCUT2D eigenvalue weighted by Gasteiger charge is 2.34. The van der Waals surface area contributed by atoms with E-state index in [-0.39, 0.29) is 5.82 Å². The van der Waals surface area contributed by atoms with Crippen molar-refractivity contribution >= 4 is 23.7 Å². The fourth-order valence-electron chi connectivity index (χ4n) is 2.76. The summed E-state index contributed by atoms with van der Waals surface area (Å²) < 4.78 is 20.7. The molecule has 3 rings (SSSR count). The molecule has 6 nitrogen and oxygen atoms in total. The number of hydrogen-bond donors (Lipinski definition) is 1. The topological polar surface area (TPSA) is 69.0 Å². The lowest BCUT2D eigenvalue weighted by Crippen LogP contribution is -2.30. The van der Waals surface area contributed by atoms with E-state index in [1.54, 1.807) is 35.5 Å². The highest BCUT2D eigenvalue weighted by molar-refractivity contribution is 7.99. The van der Waals surface area contributed by atoms with Crippen molar-refractivity contribution in [3.8, 4) is 0 Å². The van der Waals surface area contributed by atoms with Crippen LogP contribution in [-0.2, 0) is 9.53 Å². The molecule has 0 bridgehead atoms. The number of carbonyl (C=O) groups excluding carboxylic acids is 1. The average molecular weight is 362 g/mol. The van der Waals surface area contributed by atoms with E-state index >= 15 is 0 Å². The molecule has 1 N–H and O–H groups in total. The van der Waals surface area contributed by atoms with E-state index in [1.165, 1.54) is 18.5 Å². The van der Waals surface area contributed by atoms with Crippen molar-refractivity contribution in [2.75, 3.05) is 23.4 Å². The van der Waals surface area contributed by atoms with Crippen LogP contribution in [0.1, 0.15) is 25.5 Å². The number of ether oxygens (including phenoxy) is 1. The quantitative estimate of drug-likeness (QED) is 0.629. The molecule has 0 aliphatic carbocycles. The number of aromatic nitrogens is 3. The van der Waals surface area contributed by atoms with Gasteiger partial charge in [-0.05, 0) is 30.4 Å². The van der Waals surface area contributed by atoms with Gasteiger partial charge in [0.05, 0.1) is 5.57 Å². The van der Waals surface area contributed by atoms with Crippen LogP contribution in [0.15, 0.2) is 41.9 Å². The molecule has 1 aliphatic heterocycles. The van der Waals surface area contributed by atoms with Crippen molar-refractivity contribution in [1.82, 2.24) is 14.8 Å². The van der Waals surface area contributed by atoms with Gasteiger partial charge in [-0.25, -0.2) is 13.9 Å². The van der Waals surface area contributed by atoms with Crippen molar-refractivity contribution in [3.05, 3.63) is 53.2 Å². The highest BCUT2D eigenvalue weighted by Crippen LogP contribution is 2.35. The number of fused-ring (bicyclic) bond motifs is 1. The number of hydrogen-bond acceptors (Lipinski definition) is 6. The van der Waals surface area contributed by atoms with E-state index < -0.39 is 12.0 Å². The number of rotatable bonds is 6.